The van der Waals surface area contributed by atoms with Crippen molar-refractivity contribution in [2.75, 3.05) is 7.11 Å². The number of ether oxygens (including phenoxy) is 1. The molecule has 0 bridgehead atoms. The van der Waals surface area contributed by atoms with Crippen molar-refractivity contribution in [1.29, 1.82) is 0 Å². The summed E-state index contributed by atoms with van der Waals surface area (Å²) in [6.07, 6.45) is 0. The third kappa shape index (κ3) is 2.40. The molecule has 3 heteroatoms. The Hall–Kier alpha value is -2.16. The topological polar surface area (TPSA) is 9.23 Å². The third-order valence-corrected chi connectivity index (χ3v) is 2.69. The van der Waals surface area contributed by atoms with Gasteiger partial charge in [0.25, 0.3) is 0 Å². The maximum Gasteiger partial charge on any atom is 0.165 e. The monoisotopic (exact) mass is 246 g/mol. The smallest absolute Gasteiger partial charge is 0.165 e. The van der Waals surface area contributed by atoms with Crippen LogP contribution >= 0.6 is 0 Å². The van der Waals surface area contributed by atoms with E-state index < -0.39 is 5.82 Å². The number of methoxy groups -OCH3 is 1. The van der Waals surface area contributed by atoms with Crippen molar-refractivity contribution in [2.45, 2.75) is 0 Å². The van der Waals surface area contributed by atoms with Crippen molar-refractivity contribution in [2.24, 2.45) is 0 Å². The van der Waals surface area contributed by atoms with Crippen molar-refractivity contribution >= 4 is 5.57 Å². The number of rotatable bonds is 3. The first kappa shape index (κ1) is 12.3. The fourth-order valence-corrected chi connectivity index (χ4v) is 1.67. The van der Waals surface area contributed by atoms with Gasteiger partial charge in [0.2, 0.25) is 0 Å². The van der Waals surface area contributed by atoms with Crippen LogP contribution in [0, 0.1) is 11.6 Å². The fourth-order valence-electron chi connectivity index (χ4n) is 1.67. The van der Waals surface area contributed by atoms with Crippen LogP contribution in [0.4, 0.5) is 8.78 Å². The Labute approximate surface area is 104 Å². The molecule has 0 spiro atoms. The zero-order valence-corrected chi connectivity index (χ0v) is 9.91. The van der Waals surface area contributed by atoms with Gasteiger partial charge in [0.1, 0.15) is 5.82 Å². The highest BCUT2D eigenvalue weighted by molar-refractivity contribution is 5.78. The van der Waals surface area contributed by atoms with E-state index in [1.54, 1.807) is 24.3 Å². The van der Waals surface area contributed by atoms with E-state index in [1.165, 1.54) is 25.3 Å². The lowest BCUT2D eigenvalue weighted by atomic mass is 9.99. The molecule has 0 atom stereocenters. The Morgan fingerprint density at radius 2 is 1.61 bits per heavy atom. The third-order valence-electron chi connectivity index (χ3n) is 2.69. The summed E-state index contributed by atoms with van der Waals surface area (Å²) in [7, 11) is 1.41. The van der Waals surface area contributed by atoms with Gasteiger partial charge in [0.15, 0.2) is 11.6 Å². The molecule has 0 aromatic heterocycles. The van der Waals surface area contributed by atoms with Crippen LogP contribution in [0.3, 0.4) is 0 Å². The van der Waals surface area contributed by atoms with Gasteiger partial charge >= 0.3 is 0 Å². The summed E-state index contributed by atoms with van der Waals surface area (Å²) in [5.74, 6) is -0.573. The molecule has 0 saturated heterocycles. The molecule has 18 heavy (non-hydrogen) atoms. The SMILES string of the molecule is C=C(c1ccc(F)cc1)c1ccc(OC)c(F)c1. The quantitative estimate of drug-likeness (QED) is 0.794. The van der Waals surface area contributed by atoms with Crippen LogP contribution < -0.4 is 4.74 Å². The lowest BCUT2D eigenvalue weighted by molar-refractivity contribution is 0.386. The van der Waals surface area contributed by atoms with E-state index in [-0.39, 0.29) is 11.6 Å². The molecule has 2 rings (SSSR count). The van der Waals surface area contributed by atoms with Crippen molar-refractivity contribution in [3.8, 4) is 5.75 Å². The molecule has 2 aromatic rings. The van der Waals surface area contributed by atoms with Crippen LogP contribution in [-0.2, 0) is 0 Å². The van der Waals surface area contributed by atoms with Gasteiger partial charge in [-0.2, -0.15) is 0 Å². The highest BCUT2D eigenvalue weighted by Gasteiger charge is 2.07. The molecule has 0 heterocycles. The van der Waals surface area contributed by atoms with E-state index in [0.29, 0.717) is 11.1 Å². The number of halogens is 2. The van der Waals surface area contributed by atoms with Gasteiger partial charge in [0, 0.05) is 0 Å². The minimum atomic E-state index is -0.446. The average molecular weight is 246 g/mol. The van der Waals surface area contributed by atoms with Gasteiger partial charge in [-0.3, -0.25) is 0 Å². The first-order valence-electron chi connectivity index (χ1n) is 5.40. The average Bonchev–Trinajstić information content (AvgIpc) is 2.38. The molecule has 0 N–H and O–H groups in total. The highest BCUT2D eigenvalue weighted by atomic mass is 19.1. The molecule has 0 radical (unpaired) electrons. The predicted octanol–water partition coefficient (Wildman–Crippen LogP) is 4.03. The maximum atomic E-state index is 13.6. The Bertz CT molecular complexity index is 574. The Balaban J connectivity index is 2.34. The van der Waals surface area contributed by atoms with Gasteiger partial charge in [-0.25, -0.2) is 8.78 Å². The molecule has 0 fully saturated rings. The molecule has 0 aliphatic rings. The molecule has 0 aliphatic heterocycles. The van der Waals surface area contributed by atoms with Crippen LogP contribution in [0.25, 0.3) is 5.57 Å². The van der Waals surface area contributed by atoms with Gasteiger partial charge in [-0.1, -0.05) is 24.8 Å². The van der Waals surface area contributed by atoms with E-state index in [0.717, 1.165) is 5.56 Å². The van der Waals surface area contributed by atoms with Gasteiger partial charge in [-0.05, 0) is 41.0 Å². The van der Waals surface area contributed by atoms with Crippen LogP contribution in [0.2, 0.25) is 0 Å². The number of hydrogen-bond donors (Lipinski definition) is 0. The van der Waals surface area contributed by atoms with E-state index >= 15 is 0 Å². The number of benzene rings is 2. The normalized spacial score (nSPS) is 10.2. The second-order valence-corrected chi connectivity index (χ2v) is 3.83. The first-order chi connectivity index (χ1) is 8.61. The van der Waals surface area contributed by atoms with E-state index in [4.69, 9.17) is 4.74 Å². The summed E-state index contributed by atoms with van der Waals surface area (Å²) >= 11 is 0. The summed E-state index contributed by atoms with van der Waals surface area (Å²) in [5, 5.41) is 0. The zero-order valence-electron chi connectivity index (χ0n) is 9.91. The minimum absolute atomic E-state index is 0.186. The van der Waals surface area contributed by atoms with E-state index in [9.17, 15) is 8.78 Å². The summed E-state index contributed by atoms with van der Waals surface area (Å²) < 4.78 is 31.2. The maximum absolute atomic E-state index is 13.6. The molecule has 2 aromatic carbocycles. The summed E-state index contributed by atoms with van der Waals surface area (Å²) in [4.78, 5) is 0. The largest absolute Gasteiger partial charge is 0.494 e. The van der Waals surface area contributed by atoms with Crippen molar-refractivity contribution in [1.82, 2.24) is 0 Å². The highest BCUT2D eigenvalue weighted by Crippen LogP contribution is 2.26. The van der Waals surface area contributed by atoms with Crippen molar-refractivity contribution in [3.05, 3.63) is 71.8 Å². The van der Waals surface area contributed by atoms with Crippen LogP contribution in [0.15, 0.2) is 49.0 Å². The Morgan fingerprint density at radius 3 is 2.17 bits per heavy atom. The Morgan fingerprint density at radius 1 is 1.00 bits per heavy atom. The molecule has 0 unspecified atom stereocenters. The lowest BCUT2D eigenvalue weighted by Gasteiger charge is -2.08. The molecule has 92 valence electrons. The Kier molecular flexibility index (Phi) is 3.42. The molecule has 0 saturated carbocycles. The zero-order chi connectivity index (χ0) is 13.1. The molecule has 1 nitrogen and oxygen atoms in total. The second kappa shape index (κ2) is 5.00. The lowest BCUT2D eigenvalue weighted by Crippen LogP contribution is -1.92. The van der Waals surface area contributed by atoms with E-state index in [2.05, 4.69) is 6.58 Å². The minimum Gasteiger partial charge on any atom is -0.494 e. The summed E-state index contributed by atoms with van der Waals surface area (Å²) in [6.45, 7) is 3.89. The molecular weight excluding hydrogens is 234 g/mol. The van der Waals surface area contributed by atoms with Crippen LogP contribution in [-0.4, -0.2) is 7.11 Å². The van der Waals surface area contributed by atoms with E-state index in [1.807, 2.05) is 0 Å². The van der Waals surface area contributed by atoms with Crippen molar-refractivity contribution in [3.63, 3.8) is 0 Å². The van der Waals surface area contributed by atoms with Crippen LogP contribution in [0.1, 0.15) is 11.1 Å². The molecule has 0 aliphatic carbocycles. The molecular formula is C15H12F2O. The second-order valence-electron chi connectivity index (χ2n) is 3.83. The predicted molar refractivity (Wildman–Crippen MR) is 67.5 cm³/mol. The van der Waals surface area contributed by atoms with Gasteiger partial charge < -0.3 is 4.74 Å². The fraction of sp³-hybridized carbons (Fsp3) is 0.0667. The first-order valence-corrected chi connectivity index (χ1v) is 5.40. The van der Waals surface area contributed by atoms with Gasteiger partial charge in [-0.15, -0.1) is 0 Å². The van der Waals surface area contributed by atoms with Crippen LogP contribution in [0.5, 0.6) is 5.75 Å². The van der Waals surface area contributed by atoms with Gasteiger partial charge in [0.05, 0.1) is 7.11 Å². The standard InChI is InChI=1S/C15H12F2O/c1-10(11-3-6-13(16)7-4-11)12-5-8-15(18-2)14(17)9-12/h3-9H,1H2,2H3. The molecule has 0 amide bonds. The number of hydrogen-bond acceptors (Lipinski definition) is 1. The summed E-state index contributed by atoms with van der Waals surface area (Å²) in [6, 6.07) is 10.5. The summed E-state index contributed by atoms with van der Waals surface area (Å²) in [5.41, 5.74) is 2.03. The van der Waals surface area contributed by atoms with Crippen molar-refractivity contribution < 1.29 is 13.5 Å².